The van der Waals surface area contributed by atoms with E-state index in [0.29, 0.717) is 29.8 Å². The molecule has 0 saturated heterocycles. The highest BCUT2D eigenvalue weighted by molar-refractivity contribution is 6.03. The van der Waals surface area contributed by atoms with Gasteiger partial charge in [-0.1, -0.05) is 25.3 Å². The summed E-state index contributed by atoms with van der Waals surface area (Å²) in [5.41, 5.74) is 0.0342. The first kappa shape index (κ1) is 14.4. The normalized spacial score (nSPS) is 19.1. The predicted octanol–water partition coefficient (Wildman–Crippen LogP) is 1.97. The Morgan fingerprint density at radius 1 is 1.32 bits per heavy atom. The van der Waals surface area contributed by atoms with Crippen molar-refractivity contribution in [3.8, 4) is 11.8 Å². The fraction of sp³-hybridized carbons (Fsp3) is 0.438. The van der Waals surface area contributed by atoms with Crippen molar-refractivity contribution >= 4 is 17.5 Å². The Kier molecular flexibility index (Phi) is 3.72. The number of benzene rings is 1. The van der Waals surface area contributed by atoms with Crippen LogP contribution in [0.25, 0.3) is 0 Å². The molecule has 1 aliphatic heterocycles. The number of carbonyl (C=O) groups is 2. The van der Waals surface area contributed by atoms with E-state index in [0.717, 1.165) is 19.3 Å². The third-order valence-electron chi connectivity index (χ3n) is 4.16. The van der Waals surface area contributed by atoms with Crippen LogP contribution in [0.2, 0.25) is 0 Å². The summed E-state index contributed by atoms with van der Waals surface area (Å²) in [7, 11) is 0. The molecule has 114 valence electrons. The van der Waals surface area contributed by atoms with E-state index in [1.165, 1.54) is 0 Å². The van der Waals surface area contributed by atoms with Gasteiger partial charge in [-0.15, -0.1) is 0 Å². The van der Waals surface area contributed by atoms with Crippen LogP contribution in [-0.2, 0) is 4.79 Å². The van der Waals surface area contributed by atoms with Gasteiger partial charge >= 0.3 is 0 Å². The maximum atomic E-state index is 12.6. The Bertz CT molecular complexity index is 657. The van der Waals surface area contributed by atoms with Gasteiger partial charge in [0, 0.05) is 0 Å². The highest BCUT2D eigenvalue weighted by atomic mass is 16.5. The molecule has 0 radical (unpaired) electrons. The number of para-hydroxylation sites is 1. The van der Waals surface area contributed by atoms with E-state index in [4.69, 9.17) is 4.74 Å². The Balaban J connectivity index is 1.85. The second kappa shape index (κ2) is 5.68. The van der Waals surface area contributed by atoms with Gasteiger partial charge in [-0.2, -0.15) is 5.26 Å². The highest BCUT2D eigenvalue weighted by Gasteiger charge is 2.35. The molecule has 1 heterocycles. The summed E-state index contributed by atoms with van der Waals surface area (Å²) in [6.07, 6.45) is 4.31. The van der Waals surface area contributed by atoms with Gasteiger partial charge in [-0.25, -0.2) is 0 Å². The molecule has 0 aromatic heterocycles. The zero-order valence-electron chi connectivity index (χ0n) is 12.1. The Labute approximate surface area is 128 Å². The van der Waals surface area contributed by atoms with Gasteiger partial charge in [0.25, 0.3) is 11.8 Å². The summed E-state index contributed by atoms with van der Waals surface area (Å²) < 4.78 is 5.39. The van der Waals surface area contributed by atoms with Gasteiger partial charge in [0.1, 0.15) is 5.54 Å². The molecular formula is C16H17N3O3. The standard InChI is InChI=1S/C16H17N3O3/c17-10-16(7-2-1-3-8-16)19-15(21)11-5-4-6-12-14(11)22-9-13(20)18-12/h4-6H,1-3,7-9H2,(H,18,20)(H,19,21). The van der Waals surface area contributed by atoms with Crippen LogP contribution in [0.3, 0.4) is 0 Å². The van der Waals surface area contributed by atoms with Crippen molar-refractivity contribution in [3.63, 3.8) is 0 Å². The molecular weight excluding hydrogens is 282 g/mol. The second-order valence-electron chi connectivity index (χ2n) is 5.73. The van der Waals surface area contributed by atoms with Crippen molar-refractivity contribution in [2.45, 2.75) is 37.6 Å². The number of nitriles is 1. The summed E-state index contributed by atoms with van der Waals surface area (Å²) in [6, 6.07) is 7.27. The monoisotopic (exact) mass is 299 g/mol. The van der Waals surface area contributed by atoms with E-state index in [1.54, 1.807) is 18.2 Å². The van der Waals surface area contributed by atoms with Crippen LogP contribution in [0.15, 0.2) is 18.2 Å². The lowest BCUT2D eigenvalue weighted by Crippen LogP contribution is -2.48. The molecule has 0 bridgehead atoms. The number of hydrogen-bond acceptors (Lipinski definition) is 4. The predicted molar refractivity (Wildman–Crippen MR) is 79.5 cm³/mol. The fourth-order valence-corrected chi connectivity index (χ4v) is 3.00. The van der Waals surface area contributed by atoms with Crippen molar-refractivity contribution < 1.29 is 14.3 Å². The van der Waals surface area contributed by atoms with Crippen LogP contribution in [0.4, 0.5) is 5.69 Å². The molecule has 6 heteroatoms. The number of rotatable bonds is 2. The molecule has 22 heavy (non-hydrogen) atoms. The summed E-state index contributed by atoms with van der Waals surface area (Å²) in [4.78, 5) is 23.9. The number of amides is 2. The first-order valence-corrected chi connectivity index (χ1v) is 7.43. The van der Waals surface area contributed by atoms with E-state index in [1.807, 2.05) is 0 Å². The largest absolute Gasteiger partial charge is 0.481 e. The highest BCUT2D eigenvalue weighted by Crippen LogP contribution is 2.33. The molecule has 6 nitrogen and oxygen atoms in total. The zero-order valence-corrected chi connectivity index (χ0v) is 12.1. The molecule has 2 N–H and O–H groups in total. The van der Waals surface area contributed by atoms with Crippen LogP contribution >= 0.6 is 0 Å². The third-order valence-corrected chi connectivity index (χ3v) is 4.16. The smallest absolute Gasteiger partial charge is 0.262 e. The molecule has 1 aromatic rings. The first-order valence-electron chi connectivity index (χ1n) is 7.43. The van der Waals surface area contributed by atoms with Gasteiger partial charge in [0.15, 0.2) is 12.4 Å². The second-order valence-corrected chi connectivity index (χ2v) is 5.73. The van der Waals surface area contributed by atoms with Crippen LogP contribution in [0.1, 0.15) is 42.5 Å². The van der Waals surface area contributed by atoms with E-state index in [9.17, 15) is 14.9 Å². The molecule has 0 unspecified atom stereocenters. The van der Waals surface area contributed by atoms with Crippen molar-refractivity contribution in [3.05, 3.63) is 23.8 Å². The number of carbonyl (C=O) groups excluding carboxylic acids is 2. The third kappa shape index (κ3) is 2.62. The lowest BCUT2D eigenvalue weighted by molar-refractivity contribution is -0.118. The Morgan fingerprint density at radius 3 is 2.82 bits per heavy atom. The van der Waals surface area contributed by atoms with Gasteiger partial charge in [0.05, 0.1) is 17.3 Å². The van der Waals surface area contributed by atoms with Gasteiger partial charge in [-0.3, -0.25) is 9.59 Å². The topological polar surface area (TPSA) is 91.2 Å². The quantitative estimate of drug-likeness (QED) is 0.873. The molecule has 3 rings (SSSR count). The minimum Gasteiger partial charge on any atom is -0.481 e. The summed E-state index contributed by atoms with van der Waals surface area (Å²) in [6.45, 7) is -0.110. The Hall–Kier alpha value is -2.55. The number of hydrogen-bond donors (Lipinski definition) is 2. The number of nitrogens with one attached hydrogen (secondary N) is 2. The fourth-order valence-electron chi connectivity index (χ4n) is 3.00. The lowest BCUT2D eigenvalue weighted by Gasteiger charge is -2.32. The molecule has 1 fully saturated rings. The number of anilines is 1. The lowest BCUT2D eigenvalue weighted by atomic mass is 9.82. The molecule has 1 aromatic carbocycles. The average molecular weight is 299 g/mol. The minimum atomic E-state index is -0.796. The molecule has 1 saturated carbocycles. The van der Waals surface area contributed by atoms with E-state index >= 15 is 0 Å². The first-order chi connectivity index (χ1) is 10.6. The number of ether oxygens (including phenoxy) is 1. The van der Waals surface area contributed by atoms with Crippen molar-refractivity contribution in [2.75, 3.05) is 11.9 Å². The molecule has 2 aliphatic rings. The molecule has 0 atom stereocenters. The van der Waals surface area contributed by atoms with Crippen molar-refractivity contribution in [2.24, 2.45) is 0 Å². The summed E-state index contributed by atoms with van der Waals surface area (Å²) in [5.74, 6) is -0.217. The SMILES string of the molecule is N#CC1(NC(=O)c2cccc3c2OCC(=O)N3)CCCCC1. The van der Waals surface area contributed by atoms with Crippen LogP contribution in [-0.4, -0.2) is 24.0 Å². The molecule has 1 aliphatic carbocycles. The van der Waals surface area contributed by atoms with Crippen molar-refractivity contribution in [1.29, 1.82) is 5.26 Å². The zero-order chi connectivity index (χ0) is 15.6. The van der Waals surface area contributed by atoms with Gasteiger partial charge in [-0.05, 0) is 25.0 Å². The maximum absolute atomic E-state index is 12.6. The van der Waals surface area contributed by atoms with Crippen LogP contribution < -0.4 is 15.4 Å². The van der Waals surface area contributed by atoms with E-state index in [2.05, 4.69) is 16.7 Å². The molecule has 0 spiro atoms. The summed E-state index contributed by atoms with van der Waals surface area (Å²) >= 11 is 0. The van der Waals surface area contributed by atoms with Gasteiger partial charge in [0.2, 0.25) is 0 Å². The number of nitrogens with zero attached hydrogens (tertiary/aromatic N) is 1. The average Bonchev–Trinajstić information content (AvgIpc) is 2.54. The van der Waals surface area contributed by atoms with E-state index in [-0.39, 0.29) is 18.4 Å². The van der Waals surface area contributed by atoms with Crippen LogP contribution in [0.5, 0.6) is 5.75 Å². The minimum absolute atomic E-state index is 0.110. The van der Waals surface area contributed by atoms with Gasteiger partial charge < -0.3 is 15.4 Å². The molecule has 2 amide bonds. The van der Waals surface area contributed by atoms with Crippen LogP contribution in [0, 0.1) is 11.3 Å². The van der Waals surface area contributed by atoms with E-state index < -0.39 is 5.54 Å². The number of fused-ring (bicyclic) bond motifs is 1. The summed E-state index contributed by atoms with van der Waals surface area (Å²) in [5, 5.41) is 15.0. The maximum Gasteiger partial charge on any atom is 0.262 e. The Morgan fingerprint density at radius 2 is 2.09 bits per heavy atom. The van der Waals surface area contributed by atoms with Crippen molar-refractivity contribution in [1.82, 2.24) is 5.32 Å².